The Morgan fingerprint density at radius 1 is 1.44 bits per heavy atom. The molecular formula is C12H16ClN3OS. The van der Waals surface area contributed by atoms with E-state index in [0.717, 1.165) is 13.1 Å². The van der Waals surface area contributed by atoms with Crippen LogP contribution >= 0.6 is 23.4 Å². The van der Waals surface area contributed by atoms with Crippen LogP contribution in [0, 0.1) is 0 Å². The van der Waals surface area contributed by atoms with Gasteiger partial charge in [0.2, 0.25) is 0 Å². The molecule has 0 bridgehead atoms. The minimum Gasteiger partial charge on any atom is -0.384 e. The molecule has 0 aliphatic carbocycles. The van der Waals surface area contributed by atoms with Crippen molar-refractivity contribution < 1.29 is 4.79 Å². The van der Waals surface area contributed by atoms with Crippen molar-refractivity contribution in [3.63, 3.8) is 0 Å². The van der Waals surface area contributed by atoms with E-state index in [4.69, 9.17) is 17.3 Å². The molecule has 1 fully saturated rings. The molecule has 0 aromatic carbocycles. The van der Waals surface area contributed by atoms with Gasteiger partial charge in [0.15, 0.2) is 0 Å². The summed E-state index contributed by atoms with van der Waals surface area (Å²) in [5.41, 5.74) is 6.12. The zero-order chi connectivity index (χ0) is 13.3. The van der Waals surface area contributed by atoms with Gasteiger partial charge in [-0.1, -0.05) is 25.4 Å². The number of hydrogen-bond donors (Lipinski definition) is 1. The smallest absolute Gasteiger partial charge is 0.254 e. The summed E-state index contributed by atoms with van der Waals surface area (Å²) >= 11 is 7.73. The van der Waals surface area contributed by atoms with E-state index >= 15 is 0 Å². The Hall–Kier alpha value is -0.940. The molecule has 2 heterocycles. The Morgan fingerprint density at radius 3 is 2.61 bits per heavy atom. The first-order valence-electron chi connectivity index (χ1n) is 5.83. The van der Waals surface area contributed by atoms with E-state index in [2.05, 4.69) is 18.8 Å². The Balaban J connectivity index is 2.20. The first-order valence-corrected chi connectivity index (χ1v) is 7.15. The van der Waals surface area contributed by atoms with E-state index in [1.807, 2.05) is 16.7 Å². The summed E-state index contributed by atoms with van der Waals surface area (Å²) in [5, 5.41) is 1.16. The van der Waals surface area contributed by atoms with Crippen LogP contribution in [0.25, 0.3) is 0 Å². The summed E-state index contributed by atoms with van der Waals surface area (Å²) in [6, 6.07) is 3.14. The normalized spacial score (nSPS) is 24.1. The van der Waals surface area contributed by atoms with Crippen LogP contribution < -0.4 is 5.73 Å². The number of hydrogen-bond acceptors (Lipinski definition) is 4. The first kappa shape index (κ1) is 13.5. The standard InChI is InChI=1S/C12H16ClN3OS/c1-7-5-16(6-8(2)18-7)12(17)9-3-10(13)15-11(14)4-9/h3-4,7-8H,5-6H2,1-2H3,(H2,14,15). The van der Waals surface area contributed by atoms with Gasteiger partial charge < -0.3 is 10.6 Å². The number of halogens is 1. The number of anilines is 1. The van der Waals surface area contributed by atoms with Crippen LogP contribution in [0.4, 0.5) is 5.82 Å². The van der Waals surface area contributed by atoms with Gasteiger partial charge in [-0.15, -0.1) is 0 Å². The molecule has 1 aromatic rings. The molecule has 1 aliphatic rings. The lowest BCUT2D eigenvalue weighted by Gasteiger charge is -2.34. The molecule has 98 valence electrons. The second-order valence-electron chi connectivity index (χ2n) is 4.57. The Morgan fingerprint density at radius 2 is 2.06 bits per heavy atom. The van der Waals surface area contributed by atoms with Gasteiger partial charge in [0.25, 0.3) is 5.91 Å². The number of nitrogens with two attached hydrogens (primary N) is 1. The maximum absolute atomic E-state index is 12.4. The lowest BCUT2D eigenvalue weighted by molar-refractivity contribution is 0.0753. The molecule has 6 heteroatoms. The van der Waals surface area contributed by atoms with Crippen molar-refractivity contribution in [3.05, 3.63) is 22.8 Å². The molecule has 1 saturated heterocycles. The van der Waals surface area contributed by atoms with Gasteiger partial charge in [-0.25, -0.2) is 4.98 Å². The number of aromatic nitrogens is 1. The molecule has 4 nitrogen and oxygen atoms in total. The van der Waals surface area contributed by atoms with Gasteiger partial charge in [0.05, 0.1) is 0 Å². The monoisotopic (exact) mass is 285 g/mol. The number of nitrogen functional groups attached to an aromatic ring is 1. The highest BCUT2D eigenvalue weighted by atomic mass is 35.5. The Kier molecular flexibility index (Phi) is 4.02. The third kappa shape index (κ3) is 3.09. The fourth-order valence-electron chi connectivity index (χ4n) is 2.17. The molecule has 0 saturated carbocycles. The topological polar surface area (TPSA) is 59.2 Å². The van der Waals surface area contributed by atoms with Gasteiger partial charge in [-0.3, -0.25) is 4.79 Å². The minimum atomic E-state index is -0.0231. The zero-order valence-corrected chi connectivity index (χ0v) is 12.0. The van der Waals surface area contributed by atoms with Crippen LogP contribution in [-0.2, 0) is 0 Å². The average Bonchev–Trinajstić information content (AvgIpc) is 2.25. The molecular weight excluding hydrogens is 270 g/mol. The molecule has 2 unspecified atom stereocenters. The Labute approximate surface area is 116 Å². The highest BCUT2D eigenvalue weighted by molar-refractivity contribution is 8.00. The predicted molar refractivity (Wildman–Crippen MR) is 76.1 cm³/mol. The maximum atomic E-state index is 12.4. The second-order valence-corrected chi connectivity index (χ2v) is 6.84. The molecule has 2 atom stereocenters. The lowest BCUT2D eigenvalue weighted by atomic mass is 10.2. The zero-order valence-electron chi connectivity index (χ0n) is 10.4. The van der Waals surface area contributed by atoms with Crippen molar-refractivity contribution in [1.82, 2.24) is 9.88 Å². The first-order chi connectivity index (χ1) is 8.45. The number of nitrogens with zero attached hydrogens (tertiary/aromatic N) is 2. The van der Waals surface area contributed by atoms with Crippen LogP contribution in [-0.4, -0.2) is 39.4 Å². The number of thioether (sulfide) groups is 1. The molecule has 2 rings (SSSR count). The fraction of sp³-hybridized carbons (Fsp3) is 0.500. The summed E-state index contributed by atoms with van der Waals surface area (Å²) in [5.74, 6) is 0.253. The highest BCUT2D eigenvalue weighted by Gasteiger charge is 2.26. The van der Waals surface area contributed by atoms with Gasteiger partial charge in [0, 0.05) is 29.2 Å². The number of amides is 1. The lowest BCUT2D eigenvalue weighted by Crippen LogP contribution is -2.44. The predicted octanol–water partition coefficient (Wildman–Crippen LogP) is 2.28. The summed E-state index contributed by atoms with van der Waals surface area (Å²) in [7, 11) is 0. The molecule has 0 radical (unpaired) electrons. The third-order valence-electron chi connectivity index (χ3n) is 2.77. The van der Waals surface area contributed by atoms with E-state index < -0.39 is 0 Å². The molecule has 1 aliphatic heterocycles. The largest absolute Gasteiger partial charge is 0.384 e. The number of pyridine rings is 1. The maximum Gasteiger partial charge on any atom is 0.254 e. The van der Waals surface area contributed by atoms with Crippen molar-refractivity contribution in [2.75, 3.05) is 18.8 Å². The summed E-state index contributed by atoms with van der Waals surface area (Å²) < 4.78 is 0. The Bertz CT molecular complexity index is 438. The summed E-state index contributed by atoms with van der Waals surface area (Å²) in [6.45, 7) is 5.78. The molecule has 18 heavy (non-hydrogen) atoms. The van der Waals surface area contributed by atoms with Gasteiger partial charge >= 0.3 is 0 Å². The van der Waals surface area contributed by atoms with Crippen molar-refractivity contribution in [3.8, 4) is 0 Å². The molecule has 1 aromatic heterocycles. The van der Waals surface area contributed by atoms with Gasteiger partial charge in [0.1, 0.15) is 11.0 Å². The van der Waals surface area contributed by atoms with E-state index in [-0.39, 0.29) is 16.9 Å². The number of carbonyl (C=O) groups excluding carboxylic acids is 1. The molecule has 1 amide bonds. The molecule has 0 spiro atoms. The van der Waals surface area contributed by atoms with Gasteiger partial charge in [-0.2, -0.15) is 11.8 Å². The highest BCUT2D eigenvalue weighted by Crippen LogP contribution is 2.26. The van der Waals surface area contributed by atoms with E-state index in [0.29, 0.717) is 16.1 Å². The van der Waals surface area contributed by atoms with Gasteiger partial charge in [-0.05, 0) is 12.1 Å². The number of rotatable bonds is 1. The van der Waals surface area contributed by atoms with Crippen molar-refractivity contribution in [1.29, 1.82) is 0 Å². The van der Waals surface area contributed by atoms with Crippen molar-refractivity contribution in [2.24, 2.45) is 0 Å². The van der Waals surface area contributed by atoms with E-state index in [9.17, 15) is 4.79 Å². The van der Waals surface area contributed by atoms with Crippen LogP contribution in [0.5, 0.6) is 0 Å². The average molecular weight is 286 g/mol. The van der Waals surface area contributed by atoms with Crippen molar-refractivity contribution in [2.45, 2.75) is 24.3 Å². The van der Waals surface area contributed by atoms with Crippen molar-refractivity contribution >= 4 is 35.1 Å². The van der Waals surface area contributed by atoms with Crippen LogP contribution in [0.2, 0.25) is 5.15 Å². The van der Waals surface area contributed by atoms with E-state index in [1.54, 1.807) is 12.1 Å². The third-order valence-corrected chi connectivity index (χ3v) is 4.19. The number of carbonyl (C=O) groups is 1. The van der Waals surface area contributed by atoms with E-state index in [1.165, 1.54) is 0 Å². The SMILES string of the molecule is CC1CN(C(=O)c2cc(N)nc(Cl)c2)CC(C)S1. The van der Waals surface area contributed by atoms with Crippen LogP contribution in [0.3, 0.4) is 0 Å². The quantitative estimate of drug-likeness (QED) is 0.804. The minimum absolute atomic E-state index is 0.0231. The second kappa shape index (κ2) is 5.36. The fourth-order valence-corrected chi connectivity index (χ4v) is 3.71. The van der Waals surface area contributed by atoms with Crippen LogP contribution in [0.1, 0.15) is 24.2 Å². The summed E-state index contributed by atoms with van der Waals surface area (Å²) in [6.07, 6.45) is 0. The summed E-state index contributed by atoms with van der Waals surface area (Å²) in [4.78, 5) is 18.1. The van der Waals surface area contributed by atoms with Crippen LogP contribution in [0.15, 0.2) is 12.1 Å². The molecule has 2 N–H and O–H groups in total.